The topological polar surface area (TPSA) is 44.8 Å². The standard InChI is InChI=1S/C24H31N3O2/c28-23(24(11-19-29-20-12-24)21-7-3-1-4-8-21)25-13-14-26-15-17-27(18-16-26)22-9-5-2-6-10-22/h1-10H,11-20H2,(H,25,28). The van der Waals surface area contributed by atoms with Gasteiger partial charge in [0.1, 0.15) is 0 Å². The maximum atomic E-state index is 13.2. The zero-order valence-corrected chi connectivity index (χ0v) is 17.1. The second-order valence-corrected chi connectivity index (χ2v) is 7.98. The minimum absolute atomic E-state index is 0.148. The van der Waals surface area contributed by atoms with E-state index >= 15 is 0 Å². The first-order chi connectivity index (χ1) is 14.3. The van der Waals surface area contributed by atoms with E-state index in [1.54, 1.807) is 0 Å². The molecule has 154 valence electrons. The third-order valence-corrected chi connectivity index (χ3v) is 6.31. The number of ether oxygens (including phenoxy) is 1. The van der Waals surface area contributed by atoms with Crippen molar-refractivity contribution >= 4 is 11.6 Å². The summed E-state index contributed by atoms with van der Waals surface area (Å²) < 4.78 is 5.55. The molecule has 2 aromatic carbocycles. The predicted molar refractivity (Wildman–Crippen MR) is 116 cm³/mol. The first kappa shape index (κ1) is 19.9. The van der Waals surface area contributed by atoms with Crippen molar-refractivity contribution < 1.29 is 9.53 Å². The van der Waals surface area contributed by atoms with Crippen molar-refractivity contribution in [1.29, 1.82) is 0 Å². The summed E-state index contributed by atoms with van der Waals surface area (Å²) in [6.45, 7) is 7.00. The number of rotatable bonds is 6. The van der Waals surface area contributed by atoms with E-state index in [-0.39, 0.29) is 5.91 Å². The van der Waals surface area contributed by atoms with Gasteiger partial charge in [0, 0.05) is 58.2 Å². The monoisotopic (exact) mass is 393 g/mol. The number of piperazine rings is 1. The Bertz CT molecular complexity index is 767. The number of carbonyl (C=O) groups is 1. The number of nitrogens with zero attached hydrogens (tertiary/aromatic N) is 2. The highest BCUT2D eigenvalue weighted by Crippen LogP contribution is 2.35. The molecule has 5 nitrogen and oxygen atoms in total. The summed E-state index contributed by atoms with van der Waals surface area (Å²) in [6.07, 6.45) is 1.50. The number of hydrogen-bond acceptors (Lipinski definition) is 4. The van der Waals surface area contributed by atoms with Gasteiger partial charge < -0.3 is 15.0 Å². The highest BCUT2D eigenvalue weighted by Gasteiger charge is 2.41. The summed E-state index contributed by atoms with van der Waals surface area (Å²) in [5.41, 5.74) is 1.95. The Morgan fingerprint density at radius 2 is 1.52 bits per heavy atom. The molecule has 2 aliphatic rings. The van der Waals surface area contributed by atoms with Crippen LogP contribution in [0.3, 0.4) is 0 Å². The molecule has 0 aromatic heterocycles. The number of amides is 1. The first-order valence-corrected chi connectivity index (χ1v) is 10.7. The number of hydrogen-bond donors (Lipinski definition) is 1. The molecule has 2 aliphatic heterocycles. The number of anilines is 1. The summed E-state index contributed by atoms with van der Waals surface area (Å²) in [7, 11) is 0. The Labute approximate surface area is 173 Å². The van der Waals surface area contributed by atoms with E-state index in [1.165, 1.54) is 5.69 Å². The molecule has 2 fully saturated rings. The molecule has 0 unspecified atom stereocenters. The summed E-state index contributed by atoms with van der Waals surface area (Å²) in [6, 6.07) is 20.8. The van der Waals surface area contributed by atoms with Crippen molar-refractivity contribution in [3.8, 4) is 0 Å². The SMILES string of the molecule is O=C(NCCN1CCN(c2ccccc2)CC1)C1(c2ccccc2)CCOCC1. The summed E-state index contributed by atoms with van der Waals surface area (Å²) >= 11 is 0. The zero-order chi connectivity index (χ0) is 19.9. The molecule has 2 aromatic rings. The van der Waals surface area contributed by atoms with Gasteiger partial charge in [-0.15, -0.1) is 0 Å². The number of nitrogens with one attached hydrogen (secondary N) is 1. The molecule has 0 bridgehead atoms. The Hall–Kier alpha value is -2.37. The van der Waals surface area contributed by atoms with Crippen LogP contribution in [0.2, 0.25) is 0 Å². The van der Waals surface area contributed by atoms with Gasteiger partial charge in [-0.3, -0.25) is 9.69 Å². The van der Waals surface area contributed by atoms with Crippen LogP contribution in [0.5, 0.6) is 0 Å². The normalized spacial score (nSPS) is 19.7. The van der Waals surface area contributed by atoms with E-state index in [1.807, 2.05) is 18.2 Å². The van der Waals surface area contributed by atoms with Crippen LogP contribution >= 0.6 is 0 Å². The quantitative estimate of drug-likeness (QED) is 0.820. The van der Waals surface area contributed by atoms with Crippen LogP contribution in [0.4, 0.5) is 5.69 Å². The number of carbonyl (C=O) groups excluding carboxylic acids is 1. The highest BCUT2D eigenvalue weighted by atomic mass is 16.5. The van der Waals surface area contributed by atoms with Crippen LogP contribution in [0.1, 0.15) is 18.4 Å². The molecule has 2 heterocycles. The minimum Gasteiger partial charge on any atom is -0.381 e. The van der Waals surface area contributed by atoms with Crippen LogP contribution in [0, 0.1) is 0 Å². The summed E-state index contributed by atoms with van der Waals surface area (Å²) in [5, 5.41) is 3.23. The van der Waals surface area contributed by atoms with Crippen molar-refractivity contribution in [3.63, 3.8) is 0 Å². The summed E-state index contributed by atoms with van der Waals surface area (Å²) in [5.74, 6) is 0.148. The lowest BCUT2D eigenvalue weighted by Gasteiger charge is -2.38. The van der Waals surface area contributed by atoms with Crippen molar-refractivity contribution in [2.75, 3.05) is 57.4 Å². The van der Waals surface area contributed by atoms with Gasteiger partial charge in [0.2, 0.25) is 5.91 Å². The van der Waals surface area contributed by atoms with Gasteiger partial charge in [0.25, 0.3) is 0 Å². The van der Waals surface area contributed by atoms with E-state index in [9.17, 15) is 4.79 Å². The van der Waals surface area contributed by atoms with E-state index in [0.29, 0.717) is 19.8 Å². The van der Waals surface area contributed by atoms with Gasteiger partial charge in [-0.2, -0.15) is 0 Å². The van der Waals surface area contributed by atoms with Gasteiger partial charge >= 0.3 is 0 Å². The fourth-order valence-electron chi connectivity index (χ4n) is 4.49. The highest BCUT2D eigenvalue weighted by molar-refractivity contribution is 5.88. The fourth-order valence-corrected chi connectivity index (χ4v) is 4.49. The zero-order valence-electron chi connectivity index (χ0n) is 17.1. The largest absolute Gasteiger partial charge is 0.381 e. The first-order valence-electron chi connectivity index (χ1n) is 10.7. The molecule has 0 saturated carbocycles. The average molecular weight is 394 g/mol. The van der Waals surface area contributed by atoms with E-state index < -0.39 is 5.41 Å². The molecule has 0 radical (unpaired) electrons. The van der Waals surface area contributed by atoms with E-state index in [2.05, 4.69) is 57.6 Å². The van der Waals surface area contributed by atoms with Crippen molar-refractivity contribution in [2.45, 2.75) is 18.3 Å². The van der Waals surface area contributed by atoms with E-state index in [4.69, 9.17) is 4.74 Å². The maximum Gasteiger partial charge on any atom is 0.230 e. The van der Waals surface area contributed by atoms with Crippen molar-refractivity contribution in [1.82, 2.24) is 10.2 Å². The minimum atomic E-state index is -0.453. The second-order valence-electron chi connectivity index (χ2n) is 7.98. The third kappa shape index (κ3) is 4.62. The fraction of sp³-hybridized carbons (Fsp3) is 0.458. The Morgan fingerprint density at radius 3 is 2.17 bits per heavy atom. The molecule has 1 N–H and O–H groups in total. The lowest BCUT2D eigenvalue weighted by atomic mass is 9.73. The maximum absolute atomic E-state index is 13.2. The van der Waals surface area contributed by atoms with Gasteiger partial charge in [-0.05, 0) is 30.5 Å². The van der Waals surface area contributed by atoms with Crippen molar-refractivity contribution in [2.24, 2.45) is 0 Å². The van der Waals surface area contributed by atoms with Gasteiger partial charge in [-0.25, -0.2) is 0 Å². The third-order valence-electron chi connectivity index (χ3n) is 6.31. The van der Waals surface area contributed by atoms with Crippen molar-refractivity contribution in [3.05, 3.63) is 66.2 Å². The molecule has 2 saturated heterocycles. The molecule has 1 amide bonds. The van der Waals surface area contributed by atoms with E-state index in [0.717, 1.165) is 51.1 Å². The molecular weight excluding hydrogens is 362 g/mol. The summed E-state index contributed by atoms with van der Waals surface area (Å²) in [4.78, 5) is 18.1. The molecule has 5 heteroatoms. The molecule has 0 spiro atoms. The Morgan fingerprint density at radius 1 is 0.897 bits per heavy atom. The van der Waals surface area contributed by atoms with Gasteiger partial charge in [0.15, 0.2) is 0 Å². The average Bonchev–Trinajstić information content (AvgIpc) is 2.81. The number of benzene rings is 2. The predicted octanol–water partition coefficient (Wildman–Crippen LogP) is 2.67. The Kier molecular flexibility index (Phi) is 6.47. The lowest BCUT2D eigenvalue weighted by molar-refractivity contribution is -0.130. The van der Waals surface area contributed by atoms with Crippen LogP contribution in [-0.4, -0.2) is 63.3 Å². The lowest BCUT2D eigenvalue weighted by Crippen LogP contribution is -2.51. The van der Waals surface area contributed by atoms with Crippen LogP contribution in [0.25, 0.3) is 0 Å². The molecular formula is C24H31N3O2. The number of para-hydroxylation sites is 1. The second kappa shape index (κ2) is 9.42. The van der Waals surface area contributed by atoms with Crippen LogP contribution in [-0.2, 0) is 14.9 Å². The molecule has 29 heavy (non-hydrogen) atoms. The molecule has 0 aliphatic carbocycles. The Balaban J connectivity index is 1.28. The van der Waals surface area contributed by atoms with Gasteiger partial charge in [-0.1, -0.05) is 48.5 Å². The van der Waals surface area contributed by atoms with Gasteiger partial charge in [0.05, 0.1) is 5.41 Å². The van der Waals surface area contributed by atoms with Crippen LogP contribution in [0.15, 0.2) is 60.7 Å². The van der Waals surface area contributed by atoms with Crippen LogP contribution < -0.4 is 10.2 Å². The molecule has 0 atom stereocenters. The smallest absolute Gasteiger partial charge is 0.230 e. The molecule has 4 rings (SSSR count).